The maximum absolute atomic E-state index is 11.2. The van der Waals surface area contributed by atoms with Crippen molar-refractivity contribution in [3.8, 4) is 0 Å². The maximum atomic E-state index is 11.2. The van der Waals surface area contributed by atoms with Crippen molar-refractivity contribution in [2.45, 2.75) is 0 Å². The largest absolute Gasteiger partial charge is 0.419 e. The van der Waals surface area contributed by atoms with E-state index in [1.54, 1.807) is 12.2 Å². The second kappa shape index (κ2) is 2.55. The van der Waals surface area contributed by atoms with Crippen LogP contribution in [0.5, 0.6) is 0 Å². The van der Waals surface area contributed by atoms with Crippen molar-refractivity contribution >= 4 is 17.8 Å². The van der Waals surface area contributed by atoms with E-state index in [-0.39, 0.29) is 5.71 Å². The van der Waals surface area contributed by atoms with E-state index in [9.17, 15) is 9.59 Å². The summed E-state index contributed by atoms with van der Waals surface area (Å²) < 4.78 is 4.32. The summed E-state index contributed by atoms with van der Waals surface area (Å²) in [5.74, 6) is -1.45. The average Bonchev–Trinajstić information content (AvgIpc) is 2.02. The van der Waals surface area contributed by atoms with Gasteiger partial charge in [0.25, 0.3) is 0 Å². The molecule has 5 heteroatoms. The Balaban J connectivity index is 2.39. The van der Waals surface area contributed by atoms with Crippen molar-refractivity contribution < 1.29 is 14.3 Å². The van der Waals surface area contributed by atoms with Crippen LogP contribution in [-0.4, -0.2) is 17.8 Å². The first kappa shape index (κ1) is 7.72. The minimum absolute atomic E-state index is 0.127. The molecule has 1 amide bonds. The number of carbonyl (C=O) groups is 2. The lowest BCUT2D eigenvalue weighted by atomic mass is 9.94. The number of carbonyl (C=O) groups excluding carboxylic acids is 2. The first-order valence-electron chi connectivity index (χ1n) is 3.68. The summed E-state index contributed by atoms with van der Waals surface area (Å²) in [7, 11) is 0. The Bertz CT molecular complexity index is 368. The summed E-state index contributed by atoms with van der Waals surface area (Å²) >= 11 is 0. The quantitative estimate of drug-likeness (QED) is 0.414. The lowest BCUT2D eigenvalue weighted by Crippen LogP contribution is -2.44. The average molecular weight is 178 g/mol. The van der Waals surface area contributed by atoms with Gasteiger partial charge in [-0.05, 0) is 12.2 Å². The highest BCUT2D eigenvalue weighted by Crippen LogP contribution is 2.20. The molecule has 1 heterocycles. The van der Waals surface area contributed by atoms with Crippen molar-refractivity contribution in [1.82, 2.24) is 5.32 Å². The minimum Gasteiger partial charge on any atom is -0.375 e. The molecule has 1 saturated heterocycles. The number of cyclic esters (lactones) is 2. The van der Waals surface area contributed by atoms with Crippen LogP contribution in [0.25, 0.3) is 0 Å². The van der Waals surface area contributed by atoms with Crippen molar-refractivity contribution in [2.24, 2.45) is 5.92 Å². The molecule has 0 radical (unpaired) electrons. The fraction of sp³-hybridized carbons (Fsp3) is 0.125. The van der Waals surface area contributed by atoms with E-state index < -0.39 is 18.0 Å². The highest BCUT2D eigenvalue weighted by atomic mass is 16.6. The van der Waals surface area contributed by atoms with Gasteiger partial charge >= 0.3 is 12.1 Å². The van der Waals surface area contributed by atoms with Gasteiger partial charge in [-0.15, -0.1) is 0 Å². The summed E-state index contributed by atoms with van der Waals surface area (Å²) in [5.41, 5.74) is 0.538. The van der Waals surface area contributed by atoms with Gasteiger partial charge in [0, 0.05) is 5.70 Å². The molecule has 1 fully saturated rings. The second-order valence-electron chi connectivity index (χ2n) is 2.70. The van der Waals surface area contributed by atoms with Gasteiger partial charge in [-0.3, -0.25) is 10.1 Å². The van der Waals surface area contributed by atoms with Crippen molar-refractivity contribution in [2.75, 3.05) is 0 Å². The molecular formula is C8H6N2O3. The number of hydrogen-bond donors (Lipinski definition) is 2. The van der Waals surface area contributed by atoms with Crippen molar-refractivity contribution in [1.29, 1.82) is 5.41 Å². The highest BCUT2D eigenvalue weighted by molar-refractivity contribution is 6.13. The van der Waals surface area contributed by atoms with E-state index in [2.05, 4.69) is 10.1 Å². The molecule has 1 unspecified atom stereocenters. The highest BCUT2D eigenvalue weighted by Gasteiger charge is 2.36. The summed E-state index contributed by atoms with van der Waals surface area (Å²) in [4.78, 5) is 21.9. The van der Waals surface area contributed by atoms with Crippen LogP contribution in [0.15, 0.2) is 23.9 Å². The number of rotatable bonds is 0. The smallest absolute Gasteiger partial charge is 0.375 e. The van der Waals surface area contributed by atoms with E-state index in [1.807, 2.05) is 0 Å². The summed E-state index contributed by atoms with van der Waals surface area (Å²) in [5, 5.41) is 9.80. The Kier molecular flexibility index (Phi) is 1.51. The van der Waals surface area contributed by atoms with Crippen LogP contribution in [-0.2, 0) is 9.53 Å². The summed E-state index contributed by atoms with van der Waals surface area (Å²) in [6.45, 7) is 0. The molecular weight excluding hydrogens is 172 g/mol. The molecule has 0 aromatic rings. The van der Waals surface area contributed by atoms with E-state index in [1.165, 1.54) is 6.08 Å². The standard InChI is InChI=1S/C8H6N2O3/c9-4-2-1-3-5-6(4)7(11)13-8(12)10-5/h1-3,6,9H,(H,10,12). The zero-order valence-electron chi connectivity index (χ0n) is 6.53. The predicted octanol–water partition coefficient (Wildman–Crippen LogP) is 0.342. The molecule has 66 valence electrons. The molecule has 0 bridgehead atoms. The third-order valence-electron chi connectivity index (χ3n) is 1.85. The van der Waals surface area contributed by atoms with Crippen LogP contribution < -0.4 is 5.32 Å². The maximum Gasteiger partial charge on any atom is 0.419 e. The first-order chi connectivity index (χ1) is 6.18. The Morgan fingerprint density at radius 2 is 2.23 bits per heavy atom. The zero-order chi connectivity index (χ0) is 9.42. The second-order valence-corrected chi connectivity index (χ2v) is 2.70. The van der Waals surface area contributed by atoms with Crippen LogP contribution in [0.1, 0.15) is 0 Å². The Morgan fingerprint density at radius 3 is 3.00 bits per heavy atom. The fourth-order valence-corrected chi connectivity index (χ4v) is 1.28. The topological polar surface area (TPSA) is 79.2 Å². The molecule has 13 heavy (non-hydrogen) atoms. The third kappa shape index (κ3) is 1.14. The molecule has 2 rings (SSSR count). The van der Waals surface area contributed by atoms with Gasteiger partial charge in [0.15, 0.2) is 0 Å². The molecule has 1 aliphatic heterocycles. The summed E-state index contributed by atoms with van der Waals surface area (Å²) in [6, 6.07) is 0. The van der Waals surface area contributed by atoms with Crippen LogP contribution >= 0.6 is 0 Å². The van der Waals surface area contributed by atoms with Gasteiger partial charge < -0.3 is 10.1 Å². The van der Waals surface area contributed by atoms with Crippen molar-refractivity contribution in [3.63, 3.8) is 0 Å². The Labute approximate surface area is 73.6 Å². The number of nitrogens with one attached hydrogen (secondary N) is 2. The lowest BCUT2D eigenvalue weighted by Gasteiger charge is -2.24. The predicted molar refractivity (Wildman–Crippen MR) is 43.1 cm³/mol. The lowest BCUT2D eigenvalue weighted by molar-refractivity contribution is -0.140. The molecule has 2 aliphatic rings. The molecule has 0 aromatic heterocycles. The van der Waals surface area contributed by atoms with Gasteiger partial charge in [0.05, 0.1) is 5.71 Å². The number of esters is 1. The van der Waals surface area contributed by atoms with Crippen LogP contribution in [0.3, 0.4) is 0 Å². The van der Waals surface area contributed by atoms with E-state index in [0.29, 0.717) is 5.70 Å². The Morgan fingerprint density at radius 1 is 1.46 bits per heavy atom. The molecule has 0 spiro atoms. The minimum atomic E-state index is -0.782. The van der Waals surface area contributed by atoms with E-state index >= 15 is 0 Å². The fourth-order valence-electron chi connectivity index (χ4n) is 1.28. The SMILES string of the molecule is N=C1C=CC=C2NC(=O)OC(=O)C12. The van der Waals surface area contributed by atoms with Crippen LogP contribution in [0.2, 0.25) is 0 Å². The molecule has 0 saturated carbocycles. The zero-order valence-corrected chi connectivity index (χ0v) is 6.53. The monoisotopic (exact) mass is 178 g/mol. The number of fused-ring (bicyclic) bond motifs is 1. The van der Waals surface area contributed by atoms with Crippen LogP contribution in [0.4, 0.5) is 4.79 Å². The molecule has 1 atom stereocenters. The van der Waals surface area contributed by atoms with Gasteiger partial charge in [0.2, 0.25) is 0 Å². The number of ether oxygens (including phenoxy) is 1. The van der Waals surface area contributed by atoms with Crippen LogP contribution in [0, 0.1) is 11.3 Å². The van der Waals surface area contributed by atoms with E-state index in [4.69, 9.17) is 5.41 Å². The normalized spacial score (nSPS) is 26.0. The molecule has 2 N–H and O–H groups in total. The number of allylic oxidation sites excluding steroid dienone is 3. The first-order valence-corrected chi connectivity index (χ1v) is 3.68. The van der Waals surface area contributed by atoms with Gasteiger partial charge in [-0.2, -0.15) is 0 Å². The molecule has 1 aliphatic carbocycles. The third-order valence-corrected chi connectivity index (χ3v) is 1.85. The Hall–Kier alpha value is -1.91. The summed E-state index contributed by atoms with van der Waals surface area (Å²) in [6.07, 6.45) is 3.90. The van der Waals surface area contributed by atoms with E-state index in [0.717, 1.165) is 0 Å². The van der Waals surface area contributed by atoms with Crippen molar-refractivity contribution in [3.05, 3.63) is 23.9 Å². The van der Waals surface area contributed by atoms with Gasteiger partial charge in [-0.25, -0.2) is 4.79 Å². The van der Waals surface area contributed by atoms with Gasteiger partial charge in [0.1, 0.15) is 5.92 Å². The number of amides is 1. The number of hydrogen-bond acceptors (Lipinski definition) is 4. The van der Waals surface area contributed by atoms with Gasteiger partial charge in [-0.1, -0.05) is 6.08 Å². The number of alkyl carbamates (subject to hydrolysis) is 1. The molecule has 0 aromatic carbocycles. The molecule has 5 nitrogen and oxygen atoms in total.